The summed E-state index contributed by atoms with van der Waals surface area (Å²) in [7, 11) is -3.24. The molecule has 0 radical (unpaired) electrons. The second kappa shape index (κ2) is 5.94. The van der Waals surface area contributed by atoms with E-state index in [2.05, 4.69) is 32.0 Å². The van der Waals surface area contributed by atoms with Crippen molar-refractivity contribution in [2.24, 2.45) is 0 Å². The Morgan fingerprint density at radius 2 is 2.00 bits per heavy atom. The molecule has 0 bridgehead atoms. The predicted molar refractivity (Wildman–Crippen MR) is 84.3 cm³/mol. The topological polar surface area (TPSA) is 58.2 Å². The Hall–Kier alpha value is -1.05. The summed E-state index contributed by atoms with van der Waals surface area (Å²) in [5.41, 5.74) is 1.43. The molecule has 102 valence electrons. The van der Waals surface area contributed by atoms with Crippen LogP contribution in [0.25, 0.3) is 0 Å². The van der Waals surface area contributed by atoms with Gasteiger partial charge < -0.3 is 5.32 Å². The van der Waals surface area contributed by atoms with Gasteiger partial charge in [-0.25, -0.2) is 8.42 Å². The SMILES string of the molecule is CS(=O)(=O)Nc1cccc(NCc2cc(Br)cs2)c1. The number of nitrogens with one attached hydrogen (secondary N) is 2. The van der Waals surface area contributed by atoms with Crippen LogP contribution in [0.3, 0.4) is 0 Å². The van der Waals surface area contributed by atoms with E-state index < -0.39 is 10.0 Å². The van der Waals surface area contributed by atoms with Crippen LogP contribution < -0.4 is 10.0 Å². The van der Waals surface area contributed by atoms with E-state index in [1.54, 1.807) is 29.5 Å². The number of halogens is 1. The molecule has 2 rings (SSSR count). The van der Waals surface area contributed by atoms with Gasteiger partial charge in [0.25, 0.3) is 0 Å². The van der Waals surface area contributed by atoms with Crippen molar-refractivity contribution in [3.05, 3.63) is 45.1 Å². The van der Waals surface area contributed by atoms with Crippen molar-refractivity contribution < 1.29 is 8.42 Å². The highest BCUT2D eigenvalue weighted by Gasteiger charge is 2.03. The van der Waals surface area contributed by atoms with Gasteiger partial charge in [0.05, 0.1) is 11.9 Å². The molecule has 4 nitrogen and oxygen atoms in total. The largest absolute Gasteiger partial charge is 0.380 e. The maximum atomic E-state index is 11.2. The lowest BCUT2D eigenvalue weighted by molar-refractivity contribution is 0.607. The molecule has 0 aliphatic carbocycles. The zero-order valence-corrected chi connectivity index (χ0v) is 13.4. The number of sulfonamides is 1. The molecule has 0 saturated carbocycles. The van der Waals surface area contributed by atoms with Crippen molar-refractivity contribution in [2.75, 3.05) is 16.3 Å². The minimum absolute atomic E-state index is 0.555. The molecular formula is C12H13BrN2O2S2. The van der Waals surface area contributed by atoms with Gasteiger partial charge in [0.2, 0.25) is 10.0 Å². The second-order valence-corrected chi connectivity index (χ2v) is 7.70. The zero-order valence-electron chi connectivity index (χ0n) is 10.2. The lowest BCUT2D eigenvalue weighted by atomic mass is 10.3. The molecule has 1 aromatic carbocycles. The Morgan fingerprint density at radius 3 is 2.63 bits per heavy atom. The van der Waals surface area contributed by atoms with E-state index in [4.69, 9.17) is 0 Å². The molecule has 0 unspecified atom stereocenters. The van der Waals surface area contributed by atoms with Crippen molar-refractivity contribution >= 4 is 48.7 Å². The van der Waals surface area contributed by atoms with E-state index in [0.717, 1.165) is 16.4 Å². The van der Waals surface area contributed by atoms with Crippen molar-refractivity contribution in [2.45, 2.75) is 6.54 Å². The standard InChI is InChI=1S/C12H13BrN2O2S2/c1-19(16,17)15-11-4-2-3-10(6-11)14-7-12-5-9(13)8-18-12/h2-6,8,14-15H,7H2,1H3. The molecule has 19 heavy (non-hydrogen) atoms. The van der Waals surface area contributed by atoms with Gasteiger partial charge in [-0.05, 0) is 40.2 Å². The van der Waals surface area contributed by atoms with E-state index >= 15 is 0 Å². The fraction of sp³-hybridized carbons (Fsp3) is 0.167. The number of thiophene rings is 1. The Labute approximate surface area is 125 Å². The lowest BCUT2D eigenvalue weighted by Crippen LogP contribution is -2.09. The molecule has 0 atom stereocenters. The summed E-state index contributed by atoms with van der Waals surface area (Å²) in [4.78, 5) is 1.20. The van der Waals surface area contributed by atoms with Gasteiger partial charge in [0.15, 0.2) is 0 Å². The number of rotatable bonds is 5. The minimum Gasteiger partial charge on any atom is -0.380 e. The van der Waals surface area contributed by atoms with Crippen LogP contribution in [-0.4, -0.2) is 14.7 Å². The second-order valence-electron chi connectivity index (χ2n) is 4.04. The number of anilines is 2. The fourth-order valence-electron chi connectivity index (χ4n) is 1.54. The molecule has 0 amide bonds. The molecule has 0 aliphatic heterocycles. The Bertz CT molecular complexity index is 668. The third-order valence-electron chi connectivity index (χ3n) is 2.25. The van der Waals surface area contributed by atoms with E-state index in [0.29, 0.717) is 12.2 Å². The smallest absolute Gasteiger partial charge is 0.229 e. The van der Waals surface area contributed by atoms with Crippen LogP contribution in [0.1, 0.15) is 4.88 Å². The van der Waals surface area contributed by atoms with Crippen molar-refractivity contribution in [1.82, 2.24) is 0 Å². The normalized spacial score (nSPS) is 11.3. The Kier molecular flexibility index (Phi) is 4.49. The van der Waals surface area contributed by atoms with E-state index in [1.165, 1.54) is 4.88 Å². The van der Waals surface area contributed by atoms with Crippen LogP contribution in [-0.2, 0) is 16.6 Å². The van der Waals surface area contributed by atoms with Crippen molar-refractivity contribution in [3.63, 3.8) is 0 Å². The molecule has 7 heteroatoms. The maximum Gasteiger partial charge on any atom is 0.229 e. The summed E-state index contributed by atoms with van der Waals surface area (Å²) >= 11 is 5.07. The summed E-state index contributed by atoms with van der Waals surface area (Å²) in [6, 6.07) is 9.24. The molecule has 0 saturated heterocycles. The number of hydrogen-bond acceptors (Lipinski definition) is 4. The van der Waals surface area contributed by atoms with Gasteiger partial charge >= 0.3 is 0 Å². The van der Waals surface area contributed by atoms with Crippen LogP contribution in [0.2, 0.25) is 0 Å². The molecule has 0 spiro atoms. The van der Waals surface area contributed by atoms with Crippen molar-refractivity contribution in [1.29, 1.82) is 0 Å². The molecular weight excluding hydrogens is 348 g/mol. The van der Waals surface area contributed by atoms with Crippen LogP contribution in [0, 0.1) is 0 Å². The van der Waals surface area contributed by atoms with E-state index in [9.17, 15) is 8.42 Å². The summed E-state index contributed by atoms with van der Waals surface area (Å²) in [6.45, 7) is 0.707. The number of benzene rings is 1. The van der Waals surface area contributed by atoms with E-state index in [-0.39, 0.29) is 0 Å². The highest BCUT2D eigenvalue weighted by atomic mass is 79.9. The van der Waals surface area contributed by atoms with Crippen molar-refractivity contribution in [3.8, 4) is 0 Å². The quantitative estimate of drug-likeness (QED) is 0.857. The summed E-state index contributed by atoms with van der Waals surface area (Å²) in [5, 5.41) is 5.28. The maximum absolute atomic E-state index is 11.2. The predicted octanol–water partition coefficient (Wildman–Crippen LogP) is 3.49. The Balaban J connectivity index is 2.03. The first-order valence-electron chi connectivity index (χ1n) is 5.47. The molecule has 0 fully saturated rings. The van der Waals surface area contributed by atoms with Crippen LogP contribution in [0.5, 0.6) is 0 Å². The van der Waals surface area contributed by atoms with Crippen LogP contribution >= 0.6 is 27.3 Å². The summed E-state index contributed by atoms with van der Waals surface area (Å²) in [6.07, 6.45) is 1.14. The van der Waals surface area contributed by atoms with Gasteiger partial charge in [0, 0.05) is 27.0 Å². The van der Waals surface area contributed by atoms with Gasteiger partial charge in [-0.1, -0.05) is 6.07 Å². The molecule has 1 heterocycles. The third-order valence-corrected chi connectivity index (χ3v) is 4.56. The lowest BCUT2D eigenvalue weighted by Gasteiger charge is -2.08. The average Bonchev–Trinajstić information content (AvgIpc) is 2.71. The molecule has 1 aromatic heterocycles. The highest BCUT2D eigenvalue weighted by Crippen LogP contribution is 2.22. The average molecular weight is 361 g/mol. The van der Waals surface area contributed by atoms with Gasteiger partial charge in [-0.15, -0.1) is 11.3 Å². The first-order chi connectivity index (χ1) is 8.92. The molecule has 2 N–H and O–H groups in total. The van der Waals surface area contributed by atoms with Crippen LogP contribution in [0.15, 0.2) is 40.2 Å². The Morgan fingerprint density at radius 1 is 1.26 bits per heavy atom. The van der Waals surface area contributed by atoms with Gasteiger partial charge in [0.1, 0.15) is 0 Å². The monoisotopic (exact) mass is 360 g/mol. The highest BCUT2D eigenvalue weighted by molar-refractivity contribution is 9.10. The number of hydrogen-bond donors (Lipinski definition) is 2. The fourth-order valence-corrected chi connectivity index (χ4v) is 3.49. The summed E-state index contributed by atoms with van der Waals surface area (Å²) < 4.78 is 25.8. The molecule has 0 aliphatic rings. The zero-order chi connectivity index (χ0) is 13.9. The summed E-state index contributed by atoms with van der Waals surface area (Å²) in [5.74, 6) is 0. The van der Waals surface area contributed by atoms with E-state index in [1.807, 2.05) is 11.4 Å². The third kappa shape index (κ3) is 4.85. The first-order valence-corrected chi connectivity index (χ1v) is 9.03. The van der Waals surface area contributed by atoms with Crippen LogP contribution in [0.4, 0.5) is 11.4 Å². The minimum atomic E-state index is -3.24. The first kappa shape index (κ1) is 14.4. The molecule has 2 aromatic rings. The van der Waals surface area contributed by atoms with Gasteiger partial charge in [-0.3, -0.25) is 4.72 Å². The van der Waals surface area contributed by atoms with Gasteiger partial charge in [-0.2, -0.15) is 0 Å².